The normalized spacial score (nSPS) is 9.56. The van der Waals surface area contributed by atoms with Crippen molar-refractivity contribution in [2.24, 2.45) is 5.73 Å². The third kappa shape index (κ3) is 1.77. The summed E-state index contributed by atoms with van der Waals surface area (Å²) in [5, 5.41) is 0. The van der Waals surface area contributed by atoms with Gasteiger partial charge in [-0.1, -0.05) is 6.07 Å². The first-order valence-corrected chi connectivity index (χ1v) is 3.42. The molecule has 1 aromatic heterocycles. The van der Waals surface area contributed by atoms with Crippen molar-refractivity contribution in [3.63, 3.8) is 0 Å². The molecule has 0 saturated carbocycles. The Bertz CT molecular complexity index is 183. The molecule has 0 amide bonds. The van der Waals surface area contributed by atoms with Gasteiger partial charge < -0.3 is 5.73 Å². The predicted molar refractivity (Wildman–Crippen MR) is 39.8 cm³/mol. The van der Waals surface area contributed by atoms with Crippen LogP contribution in [0.3, 0.4) is 0 Å². The van der Waals surface area contributed by atoms with Gasteiger partial charge in [0.25, 0.3) is 0 Å². The van der Waals surface area contributed by atoms with E-state index in [2.05, 4.69) is 20.9 Å². The Labute approximate surface area is 62.2 Å². The number of aromatic nitrogens is 1. The second-order valence-electron chi connectivity index (χ2n) is 1.69. The van der Waals surface area contributed by atoms with Gasteiger partial charge in [-0.25, -0.2) is 4.98 Å². The van der Waals surface area contributed by atoms with Crippen molar-refractivity contribution < 1.29 is 0 Å². The molecular weight excluding hydrogens is 180 g/mol. The highest BCUT2D eigenvalue weighted by molar-refractivity contribution is 9.10. The van der Waals surface area contributed by atoms with Crippen molar-refractivity contribution in [2.45, 2.75) is 6.54 Å². The van der Waals surface area contributed by atoms with Gasteiger partial charge in [-0.15, -0.1) is 0 Å². The maximum Gasteiger partial charge on any atom is 0.106 e. The minimum absolute atomic E-state index is 0.556. The summed E-state index contributed by atoms with van der Waals surface area (Å²) in [4.78, 5) is 3.99. The van der Waals surface area contributed by atoms with E-state index in [-0.39, 0.29) is 0 Å². The van der Waals surface area contributed by atoms with Gasteiger partial charge in [-0.05, 0) is 27.6 Å². The molecule has 0 aliphatic heterocycles. The van der Waals surface area contributed by atoms with Crippen molar-refractivity contribution in [1.29, 1.82) is 0 Å². The molecule has 0 saturated heterocycles. The molecule has 0 bridgehead atoms. The highest BCUT2D eigenvalue weighted by Crippen LogP contribution is 2.04. The molecule has 0 radical (unpaired) electrons. The van der Waals surface area contributed by atoms with Crippen LogP contribution < -0.4 is 5.73 Å². The molecule has 2 nitrogen and oxygen atoms in total. The Morgan fingerprint density at radius 3 is 2.78 bits per heavy atom. The molecule has 1 rings (SSSR count). The van der Waals surface area contributed by atoms with E-state index >= 15 is 0 Å². The SMILES string of the molecule is NCc1ccc(Br)nc1. The zero-order valence-corrected chi connectivity index (χ0v) is 6.43. The van der Waals surface area contributed by atoms with Crippen LogP contribution in [-0.4, -0.2) is 4.98 Å². The summed E-state index contributed by atoms with van der Waals surface area (Å²) in [5.41, 5.74) is 6.40. The van der Waals surface area contributed by atoms with Crippen LogP contribution >= 0.6 is 15.9 Å². The second-order valence-corrected chi connectivity index (χ2v) is 2.51. The van der Waals surface area contributed by atoms with Crippen LogP contribution in [0.4, 0.5) is 0 Å². The minimum atomic E-state index is 0.556. The molecule has 1 aromatic rings. The van der Waals surface area contributed by atoms with Crippen LogP contribution in [0.15, 0.2) is 22.9 Å². The summed E-state index contributed by atoms with van der Waals surface area (Å²) in [6.45, 7) is 0.556. The van der Waals surface area contributed by atoms with Crippen molar-refractivity contribution in [1.82, 2.24) is 4.98 Å². The average Bonchev–Trinajstić information content (AvgIpc) is 1.90. The lowest BCUT2D eigenvalue weighted by Crippen LogP contribution is -1.95. The lowest BCUT2D eigenvalue weighted by Gasteiger charge is -1.92. The third-order valence-electron chi connectivity index (χ3n) is 1.02. The van der Waals surface area contributed by atoms with Crippen molar-refractivity contribution in [3.05, 3.63) is 28.5 Å². The first kappa shape index (κ1) is 6.71. The topological polar surface area (TPSA) is 38.9 Å². The summed E-state index contributed by atoms with van der Waals surface area (Å²) in [5.74, 6) is 0. The molecule has 1 heterocycles. The standard InChI is InChI=1S/C6H7BrN2/c7-6-2-1-5(3-8)4-9-6/h1-2,4H,3,8H2. The van der Waals surface area contributed by atoms with E-state index < -0.39 is 0 Å². The number of hydrogen-bond donors (Lipinski definition) is 1. The monoisotopic (exact) mass is 186 g/mol. The number of nitrogens with two attached hydrogens (primary N) is 1. The molecule has 0 aromatic carbocycles. The van der Waals surface area contributed by atoms with Gasteiger partial charge in [0, 0.05) is 12.7 Å². The van der Waals surface area contributed by atoms with Gasteiger partial charge in [0.15, 0.2) is 0 Å². The zero-order valence-electron chi connectivity index (χ0n) is 4.84. The molecule has 0 aliphatic rings. The largest absolute Gasteiger partial charge is 0.326 e. The number of halogens is 1. The average molecular weight is 187 g/mol. The minimum Gasteiger partial charge on any atom is -0.326 e. The fourth-order valence-corrected chi connectivity index (χ4v) is 0.762. The van der Waals surface area contributed by atoms with Crippen LogP contribution in [0.25, 0.3) is 0 Å². The van der Waals surface area contributed by atoms with E-state index in [1.165, 1.54) is 0 Å². The van der Waals surface area contributed by atoms with Gasteiger partial charge in [-0.2, -0.15) is 0 Å². The van der Waals surface area contributed by atoms with Crippen LogP contribution in [0.1, 0.15) is 5.56 Å². The molecule has 0 spiro atoms. The van der Waals surface area contributed by atoms with Gasteiger partial charge in [0.05, 0.1) is 0 Å². The Kier molecular flexibility index (Phi) is 2.19. The second kappa shape index (κ2) is 2.94. The Hall–Kier alpha value is -0.410. The van der Waals surface area contributed by atoms with Crippen LogP contribution in [0.2, 0.25) is 0 Å². The van der Waals surface area contributed by atoms with Crippen LogP contribution in [0, 0.1) is 0 Å². The fraction of sp³-hybridized carbons (Fsp3) is 0.167. The third-order valence-corrected chi connectivity index (χ3v) is 1.49. The number of nitrogens with zero attached hydrogens (tertiary/aromatic N) is 1. The summed E-state index contributed by atoms with van der Waals surface area (Å²) in [6, 6.07) is 3.82. The number of rotatable bonds is 1. The van der Waals surface area contributed by atoms with Crippen LogP contribution in [0.5, 0.6) is 0 Å². The van der Waals surface area contributed by atoms with E-state index in [4.69, 9.17) is 5.73 Å². The quantitative estimate of drug-likeness (QED) is 0.673. The molecule has 0 atom stereocenters. The van der Waals surface area contributed by atoms with Crippen molar-refractivity contribution >= 4 is 15.9 Å². The van der Waals surface area contributed by atoms with E-state index in [0.29, 0.717) is 6.54 Å². The molecule has 2 N–H and O–H groups in total. The summed E-state index contributed by atoms with van der Waals surface area (Å²) >= 11 is 3.22. The smallest absolute Gasteiger partial charge is 0.106 e. The zero-order chi connectivity index (χ0) is 6.69. The highest BCUT2D eigenvalue weighted by Gasteiger charge is 1.87. The lowest BCUT2D eigenvalue weighted by atomic mass is 10.3. The fourth-order valence-electron chi connectivity index (χ4n) is 0.527. The predicted octanol–water partition coefficient (Wildman–Crippen LogP) is 1.30. The summed E-state index contributed by atoms with van der Waals surface area (Å²) in [6.07, 6.45) is 1.75. The van der Waals surface area contributed by atoms with Crippen LogP contribution in [-0.2, 0) is 6.54 Å². The van der Waals surface area contributed by atoms with Gasteiger partial charge >= 0.3 is 0 Å². The first-order chi connectivity index (χ1) is 4.33. The maximum atomic E-state index is 5.34. The number of hydrogen-bond acceptors (Lipinski definition) is 2. The lowest BCUT2D eigenvalue weighted by molar-refractivity contribution is 1.04. The molecular formula is C6H7BrN2. The van der Waals surface area contributed by atoms with E-state index in [1.807, 2.05) is 12.1 Å². The molecule has 0 unspecified atom stereocenters. The Balaban J connectivity index is 2.88. The Morgan fingerprint density at radius 2 is 2.33 bits per heavy atom. The van der Waals surface area contributed by atoms with E-state index in [9.17, 15) is 0 Å². The van der Waals surface area contributed by atoms with E-state index in [0.717, 1.165) is 10.2 Å². The van der Waals surface area contributed by atoms with E-state index in [1.54, 1.807) is 6.20 Å². The highest BCUT2D eigenvalue weighted by atomic mass is 79.9. The Morgan fingerprint density at radius 1 is 1.56 bits per heavy atom. The molecule has 3 heteroatoms. The molecule has 0 aliphatic carbocycles. The van der Waals surface area contributed by atoms with Crippen molar-refractivity contribution in [2.75, 3.05) is 0 Å². The van der Waals surface area contributed by atoms with Gasteiger partial charge in [-0.3, -0.25) is 0 Å². The molecule has 0 fully saturated rings. The molecule has 48 valence electrons. The summed E-state index contributed by atoms with van der Waals surface area (Å²) in [7, 11) is 0. The summed E-state index contributed by atoms with van der Waals surface area (Å²) < 4.78 is 0.847. The first-order valence-electron chi connectivity index (χ1n) is 2.63. The van der Waals surface area contributed by atoms with Crippen molar-refractivity contribution in [3.8, 4) is 0 Å². The molecule has 9 heavy (non-hydrogen) atoms. The van der Waals surface area contributed by atoms with Gasteiger partial charge in [0.2, 0.25) is 0 Å². The maximum absolute atomic E-state index is 5.34. The number of pyridine rings is 1. The van der Waals surface area contributed by atoms with Gasteiger partial charge in [0.1, 0.15) is 4.60 Å².